The van der Waals surface area contributed by atoms with Gasteiger partial charge in [0.05, 0.1) is 18.9 Å². The molecule has 1 N–H and O–H groups in total. The van der Waals surface area contributed by atoms with Crippen molar-refractivity contribution in [2.75, 3.05) is 32.1 Å². The number of nitrogens with one attached hydrogen (secondary N) is 1. The number of allylic oxidation sites excluding steroid dienone is 2. The molecule has 0 saturated carbocycles. The Morgan fingerprint density at radius 2 is 2.23 bits per heavy atom. The van der Waals surface area contributed by atoms with E-state index in [2.05, 4.69) is 22.4 Å². The minimum Gasteiger partial charge on any atom is -0.495 e. The van der Waals surface area contributed by atoms with Crippen LogP contribution in [0.2, 0.25) is 5.02 Å². The number of nitrogens with zero attached hydrogens (tertiary/aromatic N) is 1. The topological polar surface area (TPSA) is 33.7 Å². The number of ether oxygens (including phenoxy) is 2. The van der Waals surface area contributed by atoms with E-state index in [1.54, 1.807) is 7.11 Å². The van der Waals surface area contributed by atoms with Crippen LogP contribution in [-0.4, -0.2) is 42.9 Å². The molecule has 6 heteroatoms. The van der Waals surface area contributed by atoms with Gasteiger partial charge in [-0.15, -0.1) is 0 Å². The van der Waals surface area contributed by atoms with Gasteiger partial charge in [0.2, 0.25) is 0 Å². The lowest BCUT2D eigenvalue weighted by molar-refractivity contribution is 0.0882. The van der Waals surface area contributed by atoms with Crippen LogP contribution in [0.5, 0.6) is 5.75 Å². The molecule has 0 radical (unpaired) electrons. The molecule has 0 spiro atoms. The summed E-state index contributed by atoms with van der Waals surface area (Å²) in [6, 6.07) is 5.51. The number of hydrogen-bond donors (Lipinski definition) is 1. The molecule has 4 nitrogen and oxygen atoms in total. The van der Waals surface area contributed by atoms with Crippen molar-refractivity contribution in [3.8, 4) is 5.75 Å². The molecule has 2 atom stereocenters. The summed E-state index contributed by atoms with van der Waals surface area (Å²) in [7, 11) is 1.65. The molecule has 1 aromatic rings. The SMILES string of the molecule is COc1ccc(Cl)cc1NC(=S)N(CC1CC=CCC1)CC1CCCO1. The highest BCUT2D eigenvalue weighted by Crippen LogP contribution is 2.28. The van der Waals surface area contributed by atoms with Crippen molar-refractivity contribution in [1.82, 2.24) is 4.90 Å². The molecule has 0 amide bonds. The summed E-state index contributed by atoms with van der Waals surface area (Å²) in [5, 5.41) is 4.70. The Hall–Kier alpha value is -1.30. The minimum atomic E-state index is 0.259. The molecule has 1 aliphatic heterocycles. The van der Waals surface area contributed by atoms with E-state index in [-0.39, 0.29) is 6.10 Å². The summed E-state index contributed by atoms with van der Waals surface area (Å²) in [4.78, 5) is 2.26. The summed E-state index contributed by atoms with van der Waals surface area (Å²) in [6.07, 6.45) is 10.5. The van der Waals surface area contributed by atoms with Crippen molar-refractivity contribution < 1.29 is 9.47 Å². The standard InChI is InChI=1S/C20H27ClN2O2S/c1-24-19-10-9-16(21)12-18(19)22-20(26)23(14-17-8-5-11-25-17)13-15-6-3-2-4-7-15/h2-3,9-10,12,15,17H,4-8,11,13-14H2,1H3,(H,22,26). The van der Waals surface area contributed by atoms with Gasteiger partial charge in [0.15, 0.2) is 5.11 Å². The lowest BCUT2D eigenvalue weighted by atomic mass is 9.94. The van der Waals surface area contributed by atoms with Gasteiger partial charge in [0.25, 0.3) is 0 Å². The van der Waals surface area contributed by atoms with Crippen molar-refractivity contribution in [2.24, 2.45) is 5.92 Å². The van der Waals surface area contributed by atoms with Gasteiger partial charge in [-0.3, -0.25) is 0 Å². The first-order chi connectivity index (χ1) is 12.7. The summed E-state index contributed by atoms with van der Waals surface area (Å²) >= 11 is 11.9. The summed E-state index contributed by atoms with van der Waals surface area (Å²) in [6.45, 7) is 2.63. The average Bonchev–Trinajstić information content (AvgIpc) is 3.15. The maximum absolute atomic E-state index is 6.15. The molecular formula is C20H27ClN2O2S. The van der Waals surface area contributed by atoms with Gasteiger partial charge in [-0.05, 0) is 68.4 Å². The van der Waals surface area contributed by atoms with Crippen molar-refractivity contribution in [1.29, 1.82) is 0 Å². The largest absolute Gasteiger partial charge is 0.495 e. The monoisotopic (exact) mass is 394 g/mol. The van der Waals surface area contributed by atoms with Crippen molar-refractivity contribution in [3.05, 3.63) is 35.4 Å². The van der Waals surface area contributed by atoms with Crippen LogP contribution in [0.4, 0.5) is 5.69 Å². The number of methoxy groups -OCH3 is 1. The third-order valence-corrected chi connectivity index (χ3v) is 5.59. The zero-order chi connectivity index (χ0) is 18.4. The van der Waals surface area contributed by atoms with Crippen LogP contribution in [0.3, 0.4) is 0 Å². The third kappa shape index (κ3) is 5.35. The second-order valence-electron chi connectivity index (χ2n) is 6.97. The molecule has 1 fully saturated rings. The van der Waals surface area contributed by atoms with E-state index >= 15 is 0 Å². The maximum atomic E-state index is 6.15. The van der Waals surface area contributed by atoms with Crippen molar-refractivity contribution in [2.45, 2.75) is 38.2 Å². The predicted octanol–water partition coefficient (Wildman–Crippen LogP) is 4.88. The number of halogens is 1. The number of rotatable bonds is 6. The molecule has 0 aromatic heterocycles. The Morgan fingerprint density at radius 3 is 2.92 bits per heavy atom. The molecule has 2 aliphatic rings. The molecule has 26 heavy (non-hydrogen) atoms. The van der Waals surface area contributed by atoms with Gasteiger partial charge in [-0.2, -0.15) is 0 Å². The van der Waals surface area contributed by atoms with Crippen LogP contribution in [0.1, 0.15) is 32.1 Å². The number of benzene rings is 1. The quantitative estimate of drug-likeness (QED) is 0.549. The highest BCUT2D eigenvalue weighted by Gasteiger charge is 2.24. The lowest BCUT2D eigenvalue weighted by Crippen LogP contribution is -2.43. The first-order valence-corrected chi connectivity index (χ1v) is 10.1. The molecule has 1 aliphatic carbocycles. The molecule has 1 saturated heterocycles. The molecule has 3 rings (SSSR count). The maximum Gasteiger partial charge on any atom is 0.173 e. The fourth-order valence-corrected chi connectivity index (χ4v) is 4.01. The average molecular weight is 395 g/mol. The van der Waals surface area contributed by atoms with E-state index in [0.717, 1.165) is 56.8 Å². The molecule has 2 unspecified atom stereocenters. The Labute approximate surface area is 166 Å². The predicted molar refractivity (Wildman–Crippen MR) is 111 cm³/mol. The number of anilines is 1. The number of hydrogen-bond acceptors (Lipinski definition) is 3. The zero-order valence-corrected chi connectivity index (χ0v) is 16.8. The van der Waals surface area contributed by atoms with Crippen LogP contribution >= 0.6 is 23.8 Å². The molecule has 1 heterocycles. The van der Waals surface area contributed by atoms with Crippen molar-refractivity contribution >= 4 is 34.6 Å². The van der Waals surface area contributed by atoms with Crippen LogP contribution in [0.25, 0.3) is 0 Å². The van der Waals surface area contributed by atoms with E-state index in [4.69, 9.17) is 33.3 Å². The van der Waals surface area contributed by atoms with Crippen LogP contribution < -0.4 is 10.1 Å². The van der Waals surface area contributed by atoms with Gasteiger partial charge in [-0.25, -0.2) is 0 Å². The van der Waals surface area contributed by atoms with Gasteiger partial charge < -0.3 is 19.7 Å². The second-order valence-corrected chi connectivity index (χ2v) is 7.79. The highest BCUT2D eigenvalue weighted by molar-refractivity contribution is 7.80. The van der Waals surface area contributed by atoms with Gasteiger partial charge in [0, 0.05) is 24.7 Å². The van der Waals surface area contributed by atoms with Crippen molar-refractivity contribution in [3.63, 3.8) is 0 Å². The fourth-order valence-electron chi connectivity index (χ4n) is 3.58. The van der Waals surface area contributed by atoms with Gasteiger partial charge in [-0.1, -0.05) is 23.8 Å². The van der Waals surface area contributed by atoms with Gasteiger partial charge in [0.1, 0.15) is 5.75 Å². The van der Waals surface area contributed by atoms with E-state index in [1.807, 2.05) is 18.2 Å². The van der Waals surface area contributed by atoms with Crippen LogP contribution in [0, 0.1) is 5.92 Å². The smallest absolute Gasteiger partial charge is 0.173 e. The second kappa shape index (κ2) is 9.58. The Morgan fingerprint density at radius 1 is 1.35 bits per heavy atom. The summed E-state index contributed by atoms with van der Waals surface area (Å²) in [5.41, 5.74) is 0.797. The van der Waals surface area contributed by atoms with E-state index in [1.165, 1.54) is 6.42 Å². The normalized spacial score (nSPS) is 22.2. The van der Waals surface area contributed by atoms with Crippen LogP contribution in [0.15, 0.2) is 30.4 Å². The molecule has 142 valence electrons. The zero-order valence-electron chi connectivity index (χ0n) is 15.2. The molecule has 0 bridgehead atoms. The Bertz CT molecular complexity index is 647. The highest BCUT2D eigenvalue weighted by atomic mass is 35.5. The first kappa shape index (κ1) is 19.5. The number of thiocarbonyl (C=S) groups is 1. The Balaban J connectivity index is 1.70. The van der Waals surface area contributed by atoms with Gasteiger partial charge >= 0.3 is 0 Å². The summed E-state index contributed by atoms with van der Waals surface area (Å²) in [5.74, 6) is 1.36. The lowest BCUT2D eigenvalue weighted by Gasteiger charge is -2.32. The first-order valence-electron chi connectivity index (χ1n) is 9.32. The Kier molecular flexibility index (Phi) is 7.17. The van der Waals surface area contributed by atoms with E-state index < -0.39 is 0 Å². The minimum absolute atomic E-state index is 0.259. The third-order valence-electron chi connectivity index (χ3n) is 4.99. The van der Waals surface area contributed by atoms with E-state index in [0.29, 0.717) is 16.1 Å². The molecular weight excluding hydrogens is 368 g/mol. The fraction of sp³-hybridized carbons (Fsp3) is 0.550. The van der Waals surface area contributed by atoms with Crippen LogP contribution in [-0.2, 0) is 4.74 Å². The summed E-state index contributed by atoms with van der Waals surface area (Å²) < 4.78 is 11.3. The van der Waals surface area contributed by atoms with E-state index in [9.17, 15) is 0 Å². The molecule has 1 aromatic carbocycles.